The second-order valence-corrected chi connectivity index (χ2v) is 8.95. The van der Waals surface area contributed by atoms with Crippen molar-refractivity contribution >= 4 is 13.0 Å². The van der Waals surface area contributed by atoms with Gasteiger partial charge in [0, 0.05) is 0 Å². The van der Waals surface area contributed by atoms with Gasteiger partial charge in [0.15, 0.2) is 0 Å². The zero-order valence-corrected chi connectivity index (χ0v) is 17.7. The summed E-state index contributed by atoms with van der Waals surface area (Å²) >= 11 is 0. The molecule has 0 fully saturated rings. The zero-order chi connectivity index (χ0) is 20.3. The molecule has 28 heavy (non-hydrogen) atoms. The van der Waals surface area contributed by atoms with Crippen molar-refractivity contribution < 1.29 is 38.2 Å². The van der Waals surface area contributed by atoms with E-state index in [0.717, 1.165) is 5.30 Å². The molecule has 0 saturated heterocycles. The molecule has 0 aliphatic heterocycles. The Morgan fingerprint density at radius 3 is 1.43 bits per heavy atom. The van der Waals surface area contributed by atoms with Gasteiger partial charge < -0.3 is 0 Å². The van der Waals surface area contributed by atoms with E-state index >= 15 is 0 Å². The molecule has 0 bridgehead atoms. The molecule has 164 valence electrons. The van der Waals surface area contributed by atoms with Crippen LogP contribution in [0, 0.1) is 0 Å². The number of hydrogen-bond acceptors (Lipinski definition) is 8. The SMILES string of the molecule is C[PH](OCCOCCOCCO)(OCCOCCOCCO)c1ccccc1. The Labute approximate surface area is 168 Å². The Morgan fingerprint density at radius 1 is 0.607 bits per heavy atom. The molecule has 1 rings (SSSR count). The fourth-order valence-corrected chi connectivity index (χ4v) is 4.47. The first kappa shape index (κ1) is 25.4. The van der Waals surface area contributed by atoms with Gasteiger partial charge in [-0.3, -0.25) is 0 Å². The molecule has 0 saturated carbocycles. The third kappa shape index (κ3) is 12.0. The van der Waals surface area contributed by atoms with E-state index < -0.39 is 7.72 Å². The minimum atomic E-state index is -2.58. The Morgan fingerprint density at radius 2 is 1.00 bits per heavy atom. The maximum absolute atomic E-state index is 8.64. The van der Waals surface area contributed by atoms with Gasteiger partial charge in [-0.25, -0.2) is 0 Å². The van der Waals surface area contributed by atoms with Crippen LogP contribution in [-0.4, -0.2) is 96.2 Å². The van der Waals surface area contributed by atoms with Crippen molar-refractivity contribution in [3.05, 3.63) is 30.3 Å². The van der Waals surface area contributed by atoms with Crippen LogP contribution < -0.4 is 5.30 Å². The Kier molecular flexibility index (Phi) is 15.6. The second kappa shape index (κ2) is 17.2. The Bertz CT molecular complexity index is 443. The van der Waals surface area contributed by atoms with E-state index in [4.69, 9.17) is 38.2 Å². The molecule has 9 heteroatoms. The van der Waals surface area contributed by atoms with Crippen LogP contribution in [0.25, 0.3) is 0 Å². The molecule has 0 aromatic heterocycles. The molecule has 8 nitrogen and oxygen atoms in total. The van der Waals surface area contributed by atoms with Crippen molar-refractivity contribution in [2.24, 2.45) is 0 Å². The summed E-state index contributed by atoms with van der Waals surface area (Å²) in [5.41, 5.74) is 0. The van der Waals surface area contributed by atoms with E-state index in [1.165, 1.54) is 0 Å². The zero-order valence-electron chi connectivity index (χ0n) is 16.7. The van der Waals surface area contributed by atoms with Crippen molar-refractivity contribution in [2.45, 2.75) is 0 Å². The van der Waals surface area contributed by atoms with Crippen molar-refractivity contribution in [3.8, 4) is 0 Å². The van der Waals surface area contributed by atoms with Gasteiger partial charge in [0.05, 0.1) is 0 Å². The molecule has 1 aromatic rings. The van der Waals surface area contributed by atoms with Gasteiger partial charge in [0.1, 0.15) is 0 Å². The molecule has 0 heterocycles. The first-order valence-electron chi connectivity index (χ1n) is 9.59. The third-order valence-electron chi connectivity index (χ3n) is 3.72. The molecular formula is C19H35O8P. The predicted octanol–water partition coefficient (Wildman–Crippen LogP) is 0.606. The van der Waals surface area contributed by atoms with E-state index in [-0.39, 0.29) is 13.2 Å². The van der Waals surface area contributed by atoms with Gasteiger partial charge in [-0.1, -0.05) is 0 Å². The molecule has 1 aromatic carbocycles. The summed E-state index contributed by atoms with van der Waals surface area (Å²) in [6, 6.07) is 9.93. The van der Waals surface area contributed by atoms with E-state index in [9.17, 15) is 0 Å². The number of benzene rings is 1. The number of aliphatic hydroxyl groups excluding tert-OH is 2. The summed E-state index contributed by atoms with van der Waals surface area (Å²) < 4.78 is 33.5. The molecule has 0 radical (unpaired) electrons. The van der Waals surface area contributed by atoms with Crippen LogP contribution in [-0.2, 0) is 28.0 Å². The first-order valence-corrected chi connectivity index (χ1v) is 11.9. The molecular weight excluding hydrogens is 387 g/mol. The Balaban J connectivity index is 2.30. The van der Waals surface area contributed by atoms with Crippen LogP contribution in [0.4, 0.5) is 0 Å². The van der Waals surface area contributed by atoms with Crippen molar-refractivity contribution in [3.63, 3.8) is 0 Å². The topological polar surface area (TPSA) is 95.8 Å². The first-order chi connectivity index (χ1) is 13.7. The van der Waals surface area contributed by atoms with Gasteiger partial charge in [0.25, 0.3) is 0 Å². The average Bonchev–Trinajstić information content (AvgIpc) is 2.72. The van der Waals surface area contributed by atoms with E-state index in [1.54, 1.807) is 0 Å². The van der Waals surface area contributed by atoms with Crippen molar-refractivity contribution in [1.29, 1.82) is 0 Å². The van der Waals surface area contributed by atoms with Gasteiger partial charge >= 0.3 is 168 Å². The fourth-order valence-electron chi connectivity index (χ4n) is 2.31. The van der Waals surface area contributed by atoms with Crippen molar-refractivity contribution in [1.82, 2.24) is 0 Å². The molecule has 0 spiro atoms. The maximum atomic E-state index is 8.64. The Hall–Kier alpha value is -0.670. The molecule has 2 N–H and O–H groups in total. The van der Waals surface area contributed by atoms with Gasteiger partial charge in [-0.15, -0.1) is 0 Å². The standard InChI is InChI=1S/C19H35O8P/c1-28(19-5-3-2-4-6-19,26-17-15-24-13-11-22-9-7-20)27-18-16-25-14-12-23-10-8-21/h2-6,20-21,28H,7-18H2,1H3. The van der Waals surface area contributed by atoms with E-state index in [1.807, 2.05) is 37.0 Å². The average molecular weight is 422 g/mol. The summed E-state index contributed by atoms with van der Waals surface area (Å²) in [6.45, 7) is 6.23. The van der Waals surface area contributed by atoms with Crippen LogP contribution in [0.1, 0.15) is 0 Å². The number of aliphatic hydroxyl groups is 2. The second-order valence-electron chi connectivity index (χ2n) is 5.91. The van der Waals surface area contributed by atoms with Crippen LogP contribution in [0.2, 0.25) is 0 Å². The van der Waals surface area contributed by atoms with Gasteiger partial charge in [0.2, 0.25) is 0 Å². The summed E-state index contributed by atoms with van der Waals surface area (Å²) in [7, 11) is -2.58. The minimum absolute atomic E-state index is 0.0148. The summed E-state index contributed by atoms with van der Waals surface area (Å²) in [5.74, 6) is 0. The normalized spacial score (nSPS) is 12.4. The van der Waals surface area contributed by atoms with E-state index in [0.29, 0.717) is 66.1 Å². The molecule has 0 amide bonds. The molecule has 0 unspecified atom stereocenters. The molecule has 0 aliphatic carbocycles. The monoisotopic (exact) mass is 422 g/mol. The quantitative estimate of drug-likeness (QED) is 0.247. The van der Waals surface area contributed by atoms with Crippen LogP contribution in [0.3, 0.4) is 0 Å². The summed E-state index contributed by atoms with van der Waals surface area (Å²) in [6.07, 6.45) is 0. The number of hydrogen-bond donors (Lipinski definition) is 2. The fraction of sp³-hybridized carbons (Fsp3) is 0.684. The third-order valence-corrected chi connectivity index (χ3v) is 6.62. The van der Waals surface area contributed by atoms with Gasteiger partial charge in [-0.2, -0.15) is 0 Å². The van der Waals surface area contributed by atoms with Crippen molar-refractivity contribution in [2.75, 3.05) is 85.9 Å². The van der Waals surface area contributed by atoms with Crippen LogP contribution >= 0.6 is 7.72 Å². The molecule has 0 aliphatic rings. The van der Waals surface area contributed by atoms with Gasteiger partial charge in [-0.05, 0) is 0 Å². The van der Waals surface area contributed by atoms with Crippen LogP contribution in [0.5, 0.6) is 0 Å². The summed E-state index contributed by atoms with van der Waals surface area (Å²) in [5, 5.41) is 18.3. The van der Waals surface area contributed by atoms with E-state index in [2.05, 4.69) is 0 Å². The predicted molar refractivity (Wildman–Crippen MR) is 110 cm³/mol. The number of rotatable bonds is 19. The summed E-state index contributed by atoms with van der Waals surface area (Å²) in [4.78, 5) is 0. The molecule has 0 atom stereocenters. The van der Waals surface area contributed by atoms with Crippen LogP contribution in [0.15, 0.2) is 30.3 Å². The number of ether oxygens (including phenoxy) is 4.